The molecular formula is C27H42. The zero-order chi connectivity index (χ0) is 19.4. The highest BCUT2D eigenvalue weighted by molar-refractivity contribution is 5.25. The van der Waals surface area contributed by atoms with E-state index in [9.17, 15) is 0 Å². The van der Waals surface area contributed by atoms with Crippen LogP contribution >= 0.6 is 0 Å². The van der Waals surface area contributed by atoms with Crippen molar-refractivity contribution in [2.24, 2.45) is 39.9 Å². The number of fused-ring (bicyclic) bond motifs is 5. The van der Waals surface area contributed by atoms with Crippen LogP contribution in [0.2, 0.25) is 0 Å². The molecule has 0 aromatic heterocycles. The van der Waals surface area contributed by atoms with Gasteiger partial charge >= 0.3 is 0 Å². The lowest BCUT2D eigenvalue weighted by Gasteiger charge is -2.57. The van der Waals surface area contributed by atoms with Crippen LogP contribution in [0.25, 0.3) is 0 Å². The molecule has 0 nitrogen and oxygen atoms in total. The molecule has 3 saturated carbocycles. The lowest BCUT2D eigenvalue weighted by molar-refractivity contribution is -0.0438. The van der Waals surface area contributed by atoms with E-state index >= 15 is 0 Å². The second kappa shape index (κ2) is 6.66. The second-order valence-electron chi connectivity index (χ2n) is 11.5. The Kier molecular flexibility index (Phi) is 4.82. The van der Waals surface area contributed by atoms with Crippen molar-refractivity contribution in [3.8, 4) is 0 Å². The van der Waals surface area contributed by atoms with Crippen molar-refractivity contribution in [1.82, 2.24) is 0 Å². The molecule has 0 saturated heterocycles. The summed E-state index contributed by atoms with van der Waals surface area (Å²) < 4.78 is 0. The molecule has 0 N–H and O–H groups in total. The molecule has 0 radical (unpaired) electrons. The fourth-order valence-corrected chi connectivity index (χ4v) is 8.35. The van der Waals surface area contributed by atoms with Crippen molar-refractivity contribution in [2.75, 3.05) is 0 Å². The van der Waals surface area contributed by atoms with Crippen LogP contribution in [0.3, 0.4) is 0 Å². The van der Waals surface area contributed by atoms with Gasteiger partial charge in [-0.05, 0) is 117 Å². The van der Waals surface area contributed by atoms with Crippen molar-refractivity contribution < 1.29 is 0 Å². The van der Waals surface area contributed by atoms with Crippen LogP contribution in [0.4, 0.5) is 0 Å². The third-order valence-electron chi connectivity index (χ3n) is 10.2. The van der Waals surface area contributed by atoms with Gasteiger partial charge in [0.1, 0.15) is 0 Å². The highest BCUT2D eigenvalue weighted by atomic mass is 14.6. The van der Waals surface area contributed by atoms with Crippen molar-refractivity contribution in [3.63, 3.8) is 0 Å². The summed E-state index contributed by atoms with van der Waals surface area (Å²) in [6.45, 7) is 16.4. The minimum atomic E-state index is 0.484. The minimum absolute atomic E-state index is 0.484. The molecule has 6 atom stereocenters. The highest BCUT2D eigenvalue weighted by Gasteiger charge is 2.59. The molecule has 27 heavy (non-hydrogen) atoms. The van der Waals surface area contributed by atoms with E-state index in [1.807, 2.05) is 5.57 Å². The molecule has 0 heteroatoms. The monoisotopic (exact) mass is 366 g/mol. The fourth-order valence-electron chi connectivity index (χ4n) is 8.35. The van der Waals surface area contributed by atoms with Gasteiger partial charge in [-0.15, -0.1) is 5.73 Å². The van der Waals surface area contributed by atoms with Crippen LogP contribution in [-0.4, -0.2) is 0 Å². The van der Waals surface area contributed by atoms with Crippen LogP contribution in [0.1, 0.15) is 98.8 Å². The molecule has 0 aromatic carbocycles. The molecular weight excluding hydrogens is 324 g/mol. The molecule has 0 aliphatic heterocycles. The molecule has 4 aliphatic rings. The van der Waals surface area contributed by atoms with Gasteiger partial charge in [-0.3, -0.25) is 0 Å². The third-order valence-corrected chi connectivity index (χ3v) is 10.2. The van der Waals surface area contributed by atoms with Crippen molar-refractivity contribution in [3.05, 3.63) is 29.5 Å². The van der Waals surface area contributed by atoms with Gasteiger partial charge in [-0.2, -0.15) is 0 Å². The molecule has 150 valence electrons. The Morgan fingerprint density at radius 3 is 2.56 bits per heavy atom. The predicted octanol–water partition coefficient (Wildman–Crippen LogP) is 8.10. The maximum atomic E-state index is 4.01. The minimum Gasteiger partial charge on any atom is -0.130 e. The lowest BCUT2D eigenvalue weighted by atomic mass is 9.47. The summed E-state index contributed by atoms with van der Waals surface area (Å²) in [6, 6.07) is 0. The SMILES string of the molecule is C=C=C(C)C1CC[C@H]2C3CC=C4CCC(C)(C)CC[C@]4(C)[C@H]3CCC12CC. The Hall–Kier alpha value is -0.740. The van der Waals surface area contributed by atoms with E-state index in [1.54, 1.807) is 0 Å². The summed E-state index contributed by atoms with van der Waals surface area (Å²) in [5.74, 6) is 3.54. The molecule has 3 unspecified atom stereocenters. The van der Waals surface area contributed by atoms with Gasteiger partial charge in [0.05, 0.1) is 0 Å². The number of hydrogen-bond donors (Lipinski definition) is 0. The molecule has 0 bridgehead atoms. The third kappa shape index (κ3) is 2.85. The van der Waals surface area contributed by atoms with Gasteiger partial charge in [0.25, 0.3) is 0 Å². The van der Waals surface area contributed by atoms with Crippen LogP contribution in [-0.2, 0) is 0 Å². The van der Waals surface area contributed by atoms with Gasteiger partial charge in [0.15, 0.2) is 0 Å². The summed E-state index contributed by atoms with van der Waals surface area (Å²) in [6.07, 6.45) is 16.8. The summed E-state index contributed by atoms with van der Waals surface area (Å²) in [7, 11) is 0. The average Bonchev–Trinajstić information content (AvgIpc) is 3.00. The first-order chi connectivity index (χ1) is 12.8. The topological polar surface area (TPSA) is 0 Å². The van der Waals surface area contributed by atoms with Gasteiger partial charge in [-0.1, -0.05) is 45.9 Å². The molecule has 4 rings (SSSR count). The van der Waals surface area contributed by atoms with Gasteiger partial charge in [-0.25, -0.2) is 0 Å². The number of hydrogen-bond acceptors (Lipinski definition) is 0. The number of allylic oxidation sites excluding steroid dienone is 3. The molecule has 0 spiro atoms. The normalized spacial score (nSPS) is 45.6. The van der Waals surface area contributed by atoms with Gasteiger partial charge in [0.2, 0.25) is 0 Å². The van der Waals surface area contributed by atoms with Crippen molar-refractivity contribution in [2.45, 2.75) is 98.8 Å². The quantitative estimate of drug-likeness (QED) is 0.342. The highest BCUT2D eigenvalue weighted by Crippen LogP contribution is 2.68. The first-order valence-corrected chi connectivity index (χ1v) is 11.8. The summed E-state index contributed by atoms with van der Waals surface area (Å²) in [4.78, 5) is 0. The predicted molar refractivity (Wildman–Crippen MR) is 117 cm³/mol. The Bertz CT molecular complexity index is 672. The summed E-state index contributed by atoms with van der Waals surface area (Å²) >= 11 is 0. The van der Waals surface area contributed by atoms with Crippen molar-refractivity contribution >= 4 is 0 Å². The van der Waals surface area contributed by atoms with E-state index in [0.29, 0.717) is 16.2 Å². The van der Waals surface area contributed by atoms with E-state index in [1.165, 1.54) is 69.8 Å². The Morgan fingerprint density at radius 2 is 1.85 bits per heavy atom. The maximum absolute atomic E-state index is 4.01. The standard InChI is InChI=1S/C27H42/c1-7-19(3)22-11-12-24-21-10-9-20-13-15-25(4,5)17-18-26(20,6)23(21)14-16-27(22,24)8-2/h9,21-24H,1,8,10-18H2,2-6H3/t21?,22?,23-,24-,26-,27?/m0/s1. The summed E-state index contributed by atoms with van der Waals surface area (Å²) in [5, 5.41) is 0. The van der Waals surface area contributed by atoms with E-state index in [0.717, 1.165) is 23.7 Å². The van der Waals surface area contributed by atoms with E-state index < -0.39 is 0 Å². The molecule has 0 heterocycles. The zero-order valence-electron chi connectivity index (χ0n) is 18.7. The fraction of sp³-hybridized carbons (Fsp3) is 0.815. The van der Waals surface area contributed by atoms with Gasteiger partial charge < -0.3 is 0 Å². The molecule has 4 aliphatic carbocycles. The Morgan fingerprint density at radius 1 is 1.07 bits per heavy atom. The van der Waals surface area contributed by atoms with Crippen molar-refractivity contribution in [1.29, 1.82) is 0 Å². The smallest absolute Gasteiger partial charge is 0.00708 e. The lowest BCUT2D eigenvalue weighted by Crippen LogP contribution is -2.49. The Balaban J connectivity index is 1.68. The molecule has 3 fully saturated rings. The first kappa shape index (κ1) is 19.6. The zero-order valence-corrected chi connectivity index (χ0v) is 18.7. The summed E-state index contributed by atoms with van der Waals surface area (Å²) in [5.41, 5.74) is 8.15. The Labute approximate surface area is 168 Å². The van der Waals surface area contributed by atoms with Crippen LogP contribution < -0.4 is 0 Å². The average molecular weight is 367 g/mol. The van der Waals surface area contributed by atoms with Crippen LogP contribution in [0.5, 0.6) is 0 Å². The van der Waals surface area contributed by atoms with E-state index in [4.69, 9.17) is 0 Å². The van der Waals surface area contributed by atoms with Crippen LogP contribution in [0.15, 0.2) is 29.5 Å². The maximum Gasteiger partial charge on any atom is -0.00708 e. The molecule has 0 aromatic rings. The van der Waals surface area contributed by atoms with Crippen LogP contribution in [0, 0.1) is 39.9 Å². The van der Waals surface area contributed by atoms with Gasteiger partial charge in [0, 0.05) is 0 Å². The first-order valence-electron chi connectivity index (χ1n) is 11.8. The largest absolute Gasteiger partial charge is 0.130 e. The number of rotatable bonds is 2. The molecule has 0 amide bonds. The van der Waals surface area contributed by atoms with E-state index in [2.05, 4.69) is 53.0 Å². The van der Waals surface area contributed by atoms with E-state index in [-0.39, 0.29) is 0 Å². The second-order valence-corrected chi connectivity index (χ2v) is 11.5.